The van der Waals surface area contributed by atoms with Crippen LogP contribution in [0.5, 0.6) is 0 Å². The van der Waals surface area contributed by atoms with E-state index in [9.17, 15) is 4.79 Å². The van der Waals surface area contributed by atoms with Crippen LogP contribution in [-0.4, -0.2) is 12.1 Å². The molecular weight excluding hydrogens is 212 g/mol. The number of esters is 1. The average molecular weight is 238 g/mol. The van der Waals surface area contributed by atoms with Crippen molar-refractivity contribution in [2.75, 3.05) is 0 Å². The van der Waals surface area contributed by atoms with E-state index in [1.807, 2.05) is 13.0 Å². The Morgan fingerprint density at radius 2 is 1.88 bits per heavy atom. The lowest BCUT2D eigenvalue weighted by atomic mass is 10.0. The van der Waals surface area contributed by atoms with Crippen LogP contribution in [-0.2, 0) is 9.53 Å². The molecule has 0 bridgehead atoms. The first-order valence-electron chi connectivity index (χ1n) is 6.39. The maximum absolute atomic E-state index is 10.7. The van der Waals surface area contributed by atoms with Gasteiger partial charge >= 0.3 is 5.97 Å². The van der Waals surface area contributed by atoms with Crippen LogP contribution >= 0.6 is 0 Å². The van der Waals surface area contributed by atoms with Crippen molar-refractivity contribution >= 4 is 5.97 Å². The van der Waals surface area contributed by atoms with Gasteiger partial charge in [0.25, 0.3) is 0 Å². The molecule has 0 spiro atoms. The van der Waals surface area contributed by atoms with Crippen molar-refractivity contribution in [3.8, 4) is 0 Å². The van der Waals surface area contributed by atoms with Crippen molar-refractivity contribution in [2.24, 2.45) is 5.92 Å². The predicted octanol–water partition coefficient (Wildman–Crippen LogP) is 4.27. The molecule has 17 heavy (non-hydrogen) atoms. The van der Waals surface area contributed by atoms with E-state index in [0.717, 1.165) is 12.8 Å². The molecule has 0 saturated heterocycles. The molecule has 0 heterocycles. The topological polar surface area (TPSA) is 26.3 Å². The smallest absolute Gasteiger partial charge is 0.303 e. The van der Waals surface area contributed by atoms with Crippen molar-refractivity contribution in [3.63, 3.8) is 0 Å². The third-order valence-corrected chi connectivity index (χ3v) is 2.51. The quantitative estimate of drug-likeness (QED) is 0.489. The van der Waals surface area contributed by atoms with Crippen LogP contribution in [0.4, 0.5) is 0 Å². The monoisotopic (exact) mass is 238 g/mol. The molecule has 2 nitrogen and oxygen atoms in total. The summed E-state index contributed by atoms with van der Waals surface area (Å²) < 4.78 is 5.01. The molecule has 2 heteroatoms. The van der Waals surface area contributed by atoms with Crippen LogP contribution in [0.2, 0.25) is 0 Å². The number of ether oxygens (including phenoxy) is 1. The molecule has 0 aromatic heterocycles. The summed E-state index contributed by atoms with van der Waals surface area (Å²) in [7, 11) is 0. The molecule has 0 amide bonds. The molecule has 0 aromatic carbocycles. The van der Waals surface area contributed by atoms with Crippen LogP contribution in [0.1, 0.15) is 53.9 Å². The van der Waals surface area contributed by atoms with Crippen LogP contribution in [0.25, 0.3) is 0 Å². The summed E-state index contributed by atoms with van der Waals surface area (Å²) in [5, 5.41) is 0. The fraction of sp³-hybridized carbons (Fsp3) is 0.667. The molecule has 98 valence electrons. The van der Waals surface area contributed by atoms with Crippen molar-refractivity contribution in [2.45, 2.75) is 60.0 Å². The number of rotatable bonds is 7. The van der Waals surface area contributed by atoms with E-state index in [2.05, 4.69) is 32.9 Å². The van der Waals surface area contributed by atoms with E-state index in [1.165, 1.54) is 18.9 Å². The third kappa shape index (κ3) is 11.2. The summed E-state index contributed by atoms with van der Waals surface area (Å²) in [5.41, 5.74) is 1.39. The first-order chi connectivity index (χ1) is 7.91. The van der Waals surface area contributed by atoms with E-state index in [1.54, 1.807) is 0 Å². The largest absolute Gasteiger partial charge is 0.459 e. The highest BCUT2D eigenvalue weighted by molar-refractivity contribution is 5.66. The Morgan fingerprint density at radius 3 is 2.41 bits per heavy atom. The fourth-order valence-corrected chi connectivity index (χ4v) is 1.58. The summed E-state index contributed by atoms with van der Waals surface area (Å²) in [4.78, 5) is 10.7. The van der Waals surface area contributed by atoms with Gasteiger partial charge in [0.1, 0.15) is 6.10 Å². The van der Waals surface area contributed by atoms with Crippen molar-refractivity contribution in [1.29, 1.82) is 0 Å². The molecule has 0 fully saturated rings. The molecule has 0 aromatic rings. The molecular formula is C15H26O2. The Kier molecular flexibility index (Phi) is 8.47. The highest BCUT2D eigenvalue weighted by atomic mass is 16.5. The molecule has 0 saturated carbocycles. The lowest BCUT2D eigenvalue weighted by Crippen LogP contribution is -2.08. The van der Waals surface area contributed by atoms with E-state index < -0.39 is 0 Å². The number of hydrogen-bond acceptors (Lipinski definition) is 2. The Hall–Kier alpha value is -1.05. The zero-order valence-corrected chi connectivity index (χ0v) is 11.8. The van der Waals surface area contributed by atoms with Gasteiger partial charge in [-0.15, -0.1) is 0 Å². The van der Waals surface area contributed by atoms with E-state index >= 15 is 0 Å². The Labute approximate surface area is 106 Å². The minimum Gasteiger partial charge on any atom is -0.459 e. The van der Waals surface area contributed by atoms with Gasteiger partial charge < -0.3 is 4.74 Å². The number of carbonyl (C=O) groups is 1. The maximum atomic E-state index is 10.7. The summed E-state index contributed by atoms with van der Waals surface area (Å²) >= 11 is 0. The molecule has 0 aliphatic carbocycles. The maximum Gasteiger partial charge on any atom is 0.303 e. The minimum atomic E-state index is -0.223. The first-order valence-corrected chi connectivity index (χ1v) is 6.39. The molecule has 0 aliphatic heterocycles. The van der Waals surface area contributed by atoms with Gasteiger partial charge in [0.15, 0.2) is 0 Å². The number of hydrogen-bond donors (Lipinski definition) is 0. The van der Waals surface area contributed by atoms with Gasteiger partial charge in [0.2, 0.25) is 0 Å². The molecule has 0 unspecified atom stereocenters. The molecule has 0 radical (unpaired) electrons. The standard InChI is InChI=1S/C15H26O2/c1-12(2)8-6-9-13(3)10-7-11-14(4)17-15(5)16/h7-8,11,13-14H,6,9-10H2,1-5H3/b11-7+/t13-,14-/m1/s1. The van der Waals surface area contributed by atoms with E-state index in [4.69, 9.17) is 4.74 Å². The van der Waals surface area contributed by atoms with Gasteiger partial charge in [-0.05, 0) is 52.0 Å². The van der Waals surface area contributed by atoms with Gasteiger partial charge in [0, 0.05) is 6.92 Å². The van der Waals surface area contributed by atoms with Crippen molar-refractivity contribution in [3.05, 3.63) is 23.8 Å². The Balaban J connectivity index is 3.75. The van der Waals surface area contributed by atoms with Gasteiger partial charge in [-0.3, -0.25) is 4.79 Å². The van der Waals surface area contributed by atoms with Crippen LogP contribution < -0.4 is 0 Å². The lowest BCUT2D eigenvalue weighted by Gasteiger charge is -2.08. The second kappa shape index (κ2) is 9.03. The van der Waals surface area contributed by atoms with E-state index in [0.29, 0.717) is 5.92 Å². The predicted molar refractivity (Wildman–Crippen MR) is 72.8 cm³/mol. The van der Waals surface area contributed by atoms with Crippen molar-refractivity contribution in [1.82, 2.24) is 0 Å². The second-order valence-electron chi connectivity index (χ2n) is 4.94. The van der Waals surface area contributed by atoms with Gasteiger partial charge in [-0.1, -0.05) is 24.6 Å². The van der Waals surface area contributed by atoms with Gasteiger partial charge in [0.05, 0.1) is 0 Å². The highest BCUT2D eigenvalue weighted by Crippen LogP contribution is 2.12. The third-order valence-electron chi connectivity index (χ3n) is 2.51. The summed E-state index contributed by atoms with van der Waals surface area (Å²) in [5.74, 6) is 0.449. The van der Waals surface area contributed by atoms with Crippen LogP contribution in [0, 0.1) is 5.92 Å². The molecule has 0 N–H and O–H groups in total. The Morgan fingerprint density at radius 1 is 1.24 bits per heavy atom. The average Bonchev–Trinajstić information content (AvgIpc) is 2.15. The number of carbonyl (C=O) groups excluding carboxylic acids is 1. The summed E-state index contributed by atoms with van der Waals surface area (Å²) in [6.07, 6.45) is 9.63. The normalized spacial score (nSPS) is 14.4. The van der Waals surface area contributed by atoms with Gasteiger partial charge in [-0.2, -0.15) is 0 Å². The molecule has 2 atom stereocenters. The summed E-state index contributed by atoms with van der Waals surface area (Å²) in [6, 6.07) is 0. The Bertz CT molecular complexity index is 273. The molecule has 0 aliphatic rings. The van der Waals surface area contributed by atoms with Gasteiger partial charge in [-0.25, -0.2) is 0 Å². The first kappa shape index (κ1) is 16.0. The van der Waals surface area contributed by atoms with Crippen LogP contribution in [0.15, 0.2) is 23.8 Å². The number of allylic oxidation sites excluding steroid dienone is 3. The van der Waals surface area contributed by atoms with E-state index in [-0.39, 0.29) is 12.1 Å². The minimum absolute atomic E-state index is 0.113. The fourth-order valence-electron chi connectivity index (χ4n) is 1.58. The highest BCUT2D eigenvalue weighted by Gasteiger charge is 2.01. The second-order valence-corrected chi connectivity index (χ2v) is 4.94. The summed E-state index contributed by atoms with van der Waals surface area (Å²) in [6.45, 7) is 9.83. The van der Waals surface area contributed by atoms with Crippen LogP contribution in [0.3, 0.4) is 0 Å². The zero-order chi connectivity index (χ0) is 13.3. The van der Waals surface area contributed by atoms with Crippen molar-refractivity contribution < 1.29 is 9.53 Å². The molecule has 0 rings (SSSR count). The SMILES string of the molecule is CC(=O)O[C@H](C)/C=C/C[C@H](C)CCC=C(C)C. The lowest BCUT2D eigenvalue weighted by molar-refractivity contribution is -0.143. The zero-order valence-electron chi connectivity index (χ0n) is 11.8.